The van der Waals surface area contributed by atoms with Gasteiger partial charge in [-0.05, 0) is 18.1 Å². The highest BCUT2D eigenvalue weighted by Crippen LogP contribution is 2.10. The molecular weight excluding hydrogens is 162 g/mol. The SMILES string of the molecule is CC(C)CNc1cccnc1C#N. The molecule has 0 aliphatic carbocycles. The third kappa shape index (κ3) is 2.75. The predicted molar refractivity (Wildman–Crippen MR) is 52.3 cm³/mol. The molecule has 1 heterocycles. The number of aromatic nitrogens is 1. The molecule has 68 valence electrons. The van der Waals surface area contributed by atoms with Gasteiger partial charge in [0.1, 0.15) is 6.07 Å². The average molecular weight is 175 g/mol. The number of nitriles is 1. The lowest BCUT2D eigenvalue weighted by atomic mass is 10.2. The first kappa shape index (κ1) is 9.53. The smallest absolute Gasteiger partial charge is 0.163 e. The zero-order valence-corrected chi connectivity index (χ0v) is 7.91. The molecule has 0 aliphatic rings. The summed E-state index contributed by atoms with van der Waals surface area (Å²) < 4.78 is 0. The van der Waals surface area contributed by atoms with Gasteiger partial charge in [0.25, 0.3) is 0 Å². The Hall–Kier alpha value is -1.56. The topological polar surface area (TPSA) is 48.7 Å². The fraction of sp³-hybridized carbons (Fsp3) is 0.400. The predicted octanol–water partition coefficient (Wildman–Crippen LogP) is 2.02. The van der Waals surface area contributed by atoms with Crippen molar-refractivity contribution in [3.8, 4) is 6.07 Å². The Kier molecular flexibility index (Phi) is 3.27. The maximum absolute atomic E-state index is 8.73. The standard InChI is InChI=1S/C10H13N3/c1-8(2)7-13-9-4-3-5-12-10(9)6-11/h3-5,8,13H,7H2,1-2H3. The van der Waals surface area contributed by atoms with Crippen LogP contribution in [0, 0.1) is 17.2 Å². The van der Waals surface area contributed by atoms with Gasteiger partial charge in [-0.25, -0.2) is 4.98 Å². The lowest BCUT2D eigenvalue weighted by Gasteiger charge is -2.08. The van der Waals surface area contributed by atoms with E-state index in [4.69, 9.17) is 5.26 Å². The first-order valence-corrected chi connectivity index (χ1v) is 4.33. The van der Waals surface area contributed by atoms with Gasteiger partial charge in [0, 0.05) is 12.7 Å². The van der Waals surface area contributed by atoms with Crippen LogP contribution in [0.3, 0.4) is 0 Å². The summed E-state index contributed by atoms with van der Waals surface area (Å²) in [6, 6.07) is 5.74. The summed E-state index contributed by atoms with van der Waals surface area (Å²) in [5.74, 6) is 0.562. The van der Waals surface area contributed by atoms with Crippen LogP contribution in [0.15, 0.2) is 18.3 Å². The number of hydrogen-bond donors (Lipinski definition) is 1. The monoisotopic (exact) mass is 175 g/mol. The van der Waals surface area contributed by atoms with Crippen LogP contribution in [-0.2, 0) is 0 Å². The Morgan fingerprint density at radius 3 is 3.00 bits per heavy atom. The first-order chi connectivity index (χ1) is 6.24. The summed E-state index contributed by atoms with van der Waals surface area (Å²) in [6.45, 7) is 5.10. The minimum atomic E-state index is 0.461. The number of hydrogen-bond acceptors (Lipinski definition) is 3. The van der Waals surface area contributed by atoms with E-state index in [0.29, 0.717) is 11.6 Å². The van der Waals surface area contributed by atoms with Gasteiger partial charge in [-0.3, -0.25) is 0 Å². The normalized spacial score (nSPS) is 9.69. The van der Waals surface area contributed by atoms with Gasteiger partial charge in [-0.1, -0.05) is 13.8 Å². The van der Waals surface area contributed by atoms with Crippen LogP contribution in [0.25, 0.3) is 0 Å². The third-order valence-corrected chi connectivity index (χ3v) is 1.61. The van der Waals surface area contributed by atoms with Gasteiger partial charge in [-0.2, -0.15) is 5.26 Å². The molecule has 13 heavy (non-hydrogen) atoms. The van der Waals surface area contributed by atoms with Gasteiger partial charge >= 0.3 is 0 Å². The molecule has 0 atom stereocenters. The third-order valence-electron chi connectivity index (χ3n) is 1.61. The number of nitrogens with one attached hydrogen (secondary N) is 1. The highest BCUT2D eigenvalue weighted by Gasteiger charge is 2.01. The maximum atomic E-state index is 8.73. The molecule has 0 radical (unpaired) electrons. The maximum Gasteiger partial charge on any atom is 0.163 e. The Bertz CT molecular complexity index is 312. The molecule has 0 fully saturated rings. The van der Waals surface area contributed by atoms with E-state index in [2.05, 4.69) is 24.1 Å². The molecule has 1 rings (SSSR count). The minimum absolute atomic E-state index is 0.461. The van der Waals surface area contributed by atoms with E-state index < -0.39 is 0 Å². The van der Waals surface area contributed by atoms with Crippen LogP contribution in [-0.4, -0.2) is 11.5 Å². The van der Waals surface area contributed by atoms with Gasteiger partial charge in [0.15, 0.2) is 5.69 Å². The molecule has 3 nitrogen and oxygen atoms in total. The highest BCUT2D eigenvalue weighted by molar-refractivity contribution is 5.53. The van der Waals surface area contributed by atoms with Gasteiger partial charge in [0.05, 0.1) is 5.69 Å². The quantitative estimate of drug-likeness (QED) is 0.764. The Morgan fingerprint density at radius 2 is 2.38 bits per heavy atom. The van der Waals surface area contributed by atoms with E-state index in [1.807, 2.05) is 18.2 Å². The second-order valence-electron chi connectivity index (χ2n) is 3.29. The number of pyridine rings is 1. The lowest BCUT2D eigenvalue weighted by molar-refractivity contribution is 0.688. The van der Waals surface area contributed by atoms with Crippen LogP contribution in [0.5, 0.6) is 0 Å². The van der Waals surface area contributed by atoms with Gasteiger partial charge in [-0.15, -0.1) is 0 Å². The largest absolute Gasteiger partial charge is 0.382 e. The van der Waals surface area contributed by atoms with E-state index in [0.717, 1.165) is 12.2 Å². The fourth-order valence-corrected chi connectivity index (χ4v) is 0.951. The van der Waals surface area contributed by atoms with Crippen molar-refractivity contribution in [2.45, 2.75) is 13.8 Å². The molecule has 0 saturated heterocycles. The Morgan fingerprint density at radius 1 is 1.62 bits per heavy atom. The highest BCUT2D eigenvalue weighted by atomic mass is 14.9. The van der Waals surface area contributed by atoms with Crippen molar-refractivity contribution in [2.75, 3.05) is 11.9 Å². The summed E-state index contributed by atoms with van der Waals surface area (Å²) in [6.07, 6.45) is 1.62. The van der Waals surface area contributed by atoms with Crippen molar-refractivity contribution >= 4 is 5.69 Å². The van der Waals surface area contributed by atoms with Crippen LogP contribution in [0.2, 0.25) is 0 Å². The molecule has 0 amide bonds. The number of nitrogens with zero attached hydrogens (tertiary/aromatic N) is 2. The summed E-state index contributed by atoms with van der Waals surface area (Å²) in [5.41, 5.74) is 1.28. The molecule has 0 saturated carbocycles. The Balaban J connectivity index is 2.71. The van der Waals surface area contributed by atoms with Crippen molar-refractivity contribution in [2.24, 2.45) is 5.92 Å². The van der Waals surface area contributed by atoms with Crippen LogP contribution < -0.4 is 5.32 Å². The fourth-order valence-electron chi connectivity index (χ4n) is 0.951. The van der Waals surface area contributed by atoms with Crippen LogP contribution >= 0.6 is 0 Å². The molecule has 0 aliphatic heterocycles. The molecule has 0 spiro atoms. The van der Waals surface area contributed by atoms with E-state index in [1.54, 1.807) is 6.20 Å². The average Bonchev–Trinajstić information content (AvgIpc) is 2.15. The summed E-state index contributed by atoms with van der Waals surface area (Å²) in [4.78, 5) is 3.95. The molecule has 1 N–H and O–H groups in total. The molecule has 1 aromatic heterocycles. The van der Waals surface area contributed by atoms with Crippen LogP contribution in [0.4, 0.5) is 5.69 Å². The zero-order chi connectivity index (χ0) is 9.68. The van der Waals surface area contributed by atoms with E-state index in [9.17, 15) is 0 Å². The second kappa shape index (κ2) is 4.46. The molecule has 0 unspecified atom stereocenters. The molecule has 0 bridgehead atoms. The number of rotatable bonds is 3. The second-order valence-corrected chi connectivity index (χ2v) is 3.29. The first-order valence-electron chi connectivity index (χ1n) is 4.33. The van der Waals surface area contributed by atoms with Crippen molar-refractivity contribution < 1.29 is 0 Å². The molecule has 1 aromatic rings. The zero-order valence-electron chi connectivity index (χ0n) is 7.91. The van der Waals surface area contributed by atoms with Gasteiger partial charge < -0.3 is 5.32 Å². The van der Waals surface area contributed by atoms with E-state index in [-0.39, 0.29) is 0 Å². The van der Waals surface area contributed by atoms with E-state index >= 15 is 0 Å². The molecular formula is C10H13N3. The van der Waals surface area contributed by atoms with Crippen molar-refractivity contribution in [1.82, 2.24) is 4.98 Å². The summed E-state index contributed by atoms with van der Waals surface area (Å²) >= 11 is 0. The van der Waals surface area contributed by atoms with Crippen molar-refractivity contribution in [3.05, 3.63) is 24.0 Å². The summed E-state index contributed by atoms with van der Waals surface area (Å²) in [7, 11) is 0. The number of anilines is 1. The summed E-state index contributed by atoms with van der Waals surface area (Å²) in [5, 5.41) is 11.9. The van der Waals surface area contributed by atoms with Crippen molar-refractivity contribution in [1.29, 1.82) is 5.26 Å². The van der Waals surface area contributed by atoms with Gasteiger partial charge in [0.2, 0.25) is 0 Å². The Labute approximate surface area is 78.4 Å². The lowest BCUT2D eigenvalue weighted by Crippen LogP contribution is -2.09. The van der Waals surface area contributed by atoms with Crippen LogP contribution in [0.1, 0.15) is 19.5 Å². The minimum Gasteiger partial charge on any atom is -0.382 e. The van der Waals surface area contributed by atoms with E-state index in [1.165, 1.54) is 0 Å². The molecule has 0 aromatic carbocycles. The van der Waals surface area contributed by atoms with Crippen molar-refractivity contribution in [3.63, 3.8) is 0 Å². The molecule has 3 heteroatoms.